The minimum absolute atomic E-state index is 0.247. The molecule has 3 aromatic rings. The van der Waals surface area contributed by atoms with E-state index in [1.165, 1.54) is 7.11 Å². The molecular weight excluding hydrogens is 346 g/mol. The Hall–Kier alpha value is -2.90. The average molecular weight is 369 g/mol. The molecule has 8 nitrogen and oxygen atoms in total. The Kier molecular flexibility index (Phi) is 4.55. The largest absolute Gasteiger partial charge is 0.453 e. The summed E-state index contributed by atoms with van der Waals surface area (Å²) in [5, 5.41) is 9.66. The number of hydrogen-bond donors (Lipinski definition) is 0. The minimum atomic E-state index is -0.272. The monoisotopic (exact) mass is 369 g/mol. The van der Waals surface area contributed by atoms with Crippen molar-refractivity contribution in [2.75, 3.05) is 20.2 Å². The molecule has 0 saturated carbocycles. The van der Waals surface area contributed by atoms with Crippen LogP contribution in [0.2, 0.25) is 0 Å². The Morgan fingerprint density at radius 1 is 1.22 bits per heavy atom. The first-order valence-electron chi connectivity index (χ1n) is 9.20. The maximum absolute atomic E-state index is 11.6. The van der Waals surface area contributed by atoms with Gasteiger partial charge in [0.25, 0.3) is 0 Å². The lowest BCUT2D eigenvalue weighted by molar-refractivity contribution is 0.110. The van der Waals surface area contributed by atoms with Crippen molar-refractivity contribution in [3.8, 4) is 11.4 Å². The average Bonchev–Trinajstić information content (AvgIpc) is 3.34. The summed E-state index contributed by atoms with van der Waals surface area (Å²) in [6.45, 7) is 5.51. The second kappa shape index (κ2) is 7.02. The van der Waals surface area contributed by atoms with E-state index >= 15 is 0 Å². The first-order chi connectivity index (χ1) is 13.1. The fourth-order valence-electron chi connectivity index (χ4n) is 3.57. The van der Waals surface area contributed by atoms with Crippen LogP contribution in [0.3, 0.4) is 0 Å². The number of pyridine rings is 1. The Morgan fingerprint density at radius 3 is 2.70 bits per heavy atom. The van der Waals surface area contributed by atoms with Gasteiger partial charge in [-0.15, -0.1) is 0 Å². The van der Waals surface area contributed by atoms with Crippen LogP contribution in [-0.4, -0.2) is 51.1 Å². The molecule has 0 radical (unpaired) electrons. The van der Waals surface area contributed by atoms with Gasteiger partial charge in [0.05, 0.1) is 24.5 Å². The van der Waals surface area contributed by atoms with Gasteiger partial charge in [-0.3, -0.25) is 9.67 Å². The maximum Gasteiger partial charge on any atom is 0.409 e. The van der Waals surface area contributed by atoms with Gasteiger partial charge in [0.15, 0.2) is 0 Å². The van der Waals surface area contributed by atoms with Crippen molar-refractivity contribution >= 4 is 17.0 Å². The molecule has 0 atom stereocenters. The lowest BCUT2D eigenvalue weighted by Crippen LogP contribution is -2.37. The van der Waals surface area contributed by atoms with Crippen molar-refractivity contribution in [3.63, 3.8) is 0 Å². The van der Waals surface area contributed by atoms with E-state index in [1.807, 2.05) is 29.2 Å². The van der Waals surface area contributed by atoms with E-state index in [-0.39, 0.29) is 18.1 Å². The number of fused-ring (bicyclic) bond motifs is 1. The number of amides is 1. The Bertz CT molecular complexity index is 953. The van der Waals surface area contributed by atoms with Crippen LogP contribution in [0.5, 0.6) is 0 Å². The van der Waals surface area contributed by atoms with Gasteiger partial charge in [0.1, 0.15) is 11.5 Å². The molecule has 0 bridgehead atoms. The standard InChI is InChI=1S/C19H23N5O3/c1-12(2)24-17-8-15(20-10-14(17)11-21-24)16-9-18(27-22-16)13-4-6-23(7-5-13)19(25)26-3/h8-13H,4-7H2,1-3H3. The summed E-state index contributed by atoms with van der Waals surface area (Å²) in [4.78, 5) is 17.8. The van der Waals surface area contributed by atoms with Gasteiger partial charge in [0, 0.05) is 42.7 Å². The summed E-state index contributed by atoms with van der Waals surface area (Å²) in [6.07, 6.45) is 5.04. The molecule has 1 fully saturated rings. The molecule has 1 amide bonds. The molecule has 0 spiro atoms. The van der Waals surface area contributed by atoms with Gasteiger partial charge in [-0.25, -0.2) is 4.79 Å². The highest BCUT2D eigenvalue weighted by Gasteiger charge is 2.27. The van der Waals surface area contributed by atoms with E-state index in [2.05, 4.69) is 29.1 Å². The van der Waals surface area contributed by atoms with Crippen molar-refractivity contribution in [2.45, 2.75) is 38.6 Å². The second-order valence-corrected chi connectivity index (χ2v) is 7.16. The van der Waals surface area contributed by atoms with Crippen LogP contribution >= 0.6 is 0 Å². The Labute approximate surface area is 157 Å². The topological polar surface area (TPSA) is 86.3 Å². The summed E-state index contributed by atoms with van der Waals surface area (Å²) in [5.41, 5.74) is 2.52. The number of carbonyl (C=O) groups is 1. The van der Waals surface area contributed by atoms with E-state index in [9.17, 15) is 4.79 Å². The number of hydrogen-bond acceptors (Lipinski definition) is 6. The molecule has 0 unspecified atom stereocenters. The van der Waals surface area contributed by atoms with E-state index in [0.29, 0.717) is 13.1 Å². The highest BCUT2D eigenvalue weighted by Crippen LogP contribution is 2.31. The van der Waals surface area contributed by atoms with Gasteiger partial charge in [0.2, 0.25) is 0 Å². The number of aromatic nitrogens is 4. The number of ether oxygens (including phenoxy) is 1. The normalized spacial score (nSPS) is 15.6. The van der Waals surface area contributed by atoms with E-state index in [1.54, 1.807) is 4.90 Å². The minimum Gasteiger partial charge on any atom is -0.453 e. The third kappa shape index (κ3) is 3.27. The fraction of sp³-hybridized carbons (Fsp3) is 0.474. The molecule has 142 valence electrons. The molecule has 8 heteroatoms. The van der Waals surface area contributed by atoms with Crippen LogP contribution in [0.25, 0.3) is 22.3 Å². The molecule has 0 N–H and O–H groups in total. The predicted molar refractivity (Wildman–Crippen MR) is 99.4 cm³/mol. The van der Waals surface area contributed by atoms with E-state index in [0.717, 1.165) is 40.9 Å². The fourth-order valence-corrected chi connectivity index (χ4v) is 3.57. The third-order valence-corrected chi connectivity index (χ3v) is 5.09. The zero-order chi connectivity index (χ0) is 19.0. The summed E-state index contributed by atoms with van der Waals surface area (Å²) in [6, 6.07) is 4.23. The van der Waals surface area contributed by atoms with Crippen LogP contribution in [0.15, 0.2) is 29.0 Å². The van der Waals surface area contributed by atoms with Gasteiger partial charge in [-0.05, 0) is 32.8 Å². The van der Waals surface area contributed by atoms with Crippen molar-refractivity contribution in [1.29, 1.82) is 0 Å². The quantitative estimate of drug-likeness (QED) is 0.701. The molecule has 0 aliphatic carbocycles. The molecule has 1 saturated heterocycles. The number of piperidine rings is 1. The molecule has 1 aliphatic heterocycles. The highest BCUT2D eigenvalue weighted by molar-refractivity contribution is 5.81. The van der Waals surface area contributed by atoms with Crippen LogP contribution in [-0.2, 0) is 4.74 Å². The lowest BCUT2D eigenvalue weighted by atomic mass is 9.94. The molecule has 4 rings (SSSR count). The van der Waals surface area contributed by atoms with Gasteiger partial charge in [-0.1, -0.05) is 5.16 Å². The smallest absolute Gasteiger partial charge is 0.409 e. The number of methoxy groups -OCH3 is 1. The van der Waals surface area contributed by atoms with Gasteiger partial charge < -0.3 is 14.2 Å². The van der Waals surface area contributed by atoms with Crippen LogP contribution < -0.4 is 0 Å². The van der Waals surface area contributed by atoms with Gasteiger partial charge >= 0.3 is 6.09 Å². The number of likely N-dealkylation sites (tertiary alicyclic amines) is 1. The van der Waals surface area contributed by atoms with Crippen LogP contribution in [0, 0.1) is 0 Å². The highest BCUT2D eigenvalue weighted by atomic mass is 16.5. The van der Waals surface area contributed by atoms with Crippen LogP contribution in [0.1, 0.15) is 44.4 Å². The van der Waals surface area contributed by atoms with Crippen LogP contribution in [0.4, 0.5) is 4.79 Å². The molecule has 4 heterocycles. The zero-order valence-corrected chi connectivity index (χ0v) is 15.8. The lowest BCUT2D eigenvalue weighted by Gasteiger charge is -2.29. The number of carbonyl (C=O) groups excluding carboxylic acids is 1. The third-order valence-electron chi connectivity index (χ3n) is 5.09. The SMILES string of the molecule is COC(=O)N1CCC(c2cc(-c3cc4c(cn3)cnn4C(C)C)no2)CC1. The molecule has 27 heavy (non-hydrogen) atoms. The van der Waals surface area contributed by atoms with Gasteiger partial charge in [-0.2, -0.15) is 5.10 Å². The Morgan fingerprint density at radius 2 is 2.00 bits per heavy atom. The predicted octanol–water partition coefficient (Wildman–Crippen LogP) is 3.61. The van der Waals surface area contributed by atoms with Crippen molar-refractivity contribution in [1.82, 2.24) is 24.8 Å². The molecule has 3 aromatic heterocycles. The van der Waals surface area contributed by atoms with E-state index < -0.39 is 0 Å². The molecular formula is C19H23N5O3. The first-order valence-corrected chi connectivity index (χ1v) is 9.20. The Balaban J connectivity index is 1.54. The summed E-state index contributed by atoms with van der Waals surface area (Å²) in [7, 11) is 1.41. The zero-order valence-electron chi connectivity index (χ0n) is 15.8. The summed E-state index contributed by atoms with van der Waals surface area (Å²) < 4.78 is 12.4. The van der Waals surface area contributed by atoms with Crippen molar-refractivity contribution < 1.29 is 14.1 Å². The number of nitrogens with zero attached hydrogens (tertiary/aromatic N) is 5. The molecule has 1 aliphatic rings. The van der Waals surface area contributed by atoms with Crippen molar-refractivity contribution in [2.24, 2.45) is 0 Å². The molecule has 0 aromatic carbocycles. The summed E-state index contributed by atoms with van der Waals surface area (Å²) in [5.74, 6) is 1.09. The van der Waals surface area contributed by atoms with Crippen molar-refractivity contribution in [3.05, 3.63) is 30.3 Å². The maximum atomic E-state index is 11.6. The summed E-state index contributed by atoms with van der Waals surface area (Å²) >= 11 is 0. The first kappa shape index (κ1) is 17.5. The number of rotatable bonds is 3. The second-order valence-electron chi connectivity index (χ2n) is 7.16. The van der Waals surface area contributed by atoms with E-state index in [4.69, 9.17) is 9.26 Å².